The third-order valence-electron chi connectivity index (χ3n) is 9.76. The van der Waals surface area contributed by atoms with Crippen LogP contribution >= 0.6 is 0 Å². The van der Waals surface area contributed by atoms with Crippen LogP contribution in [-0.4, -0.2) is 24.1 Å². The zero-order valence-corrected chi connectivity index (χ0v) is 27.1. The quantitative estimate of drug-likeness (QED) is 0.186. The summed E-state index contributed by atoms with van der Waals surface area (Å²) in [6.07, 6.45) is -5.46. The summed E-state index contributed by atoms with van der Waals surface area (Å²) in [5.41, 5.74) is 7.24. The van der Waals surface area contributed by atoms with Crippen LogP contribution in [0.25, 0.3) is 78.0 Å². The van der Waals surface area contributed by atoms with Gasteiger partial charge in [-0.25, -0.2) is 4.98 Å². The molecule has 0 spiro atoms. The third kappa shape index (κ3) is 4.57. The molecule has 5 heteroatoms. The van der Waals surface area contributed by atoms with Gasteiger partial charge in [-0.05, 0) is 60.7 Å². The summed E-state index contributed by atoms with van der Waals surface area (Å²) < 4.78 is 48.0. The van der Waals surface area contributed by atoms with E-state index in [0.29, 0.717) is 28.7 Å². The van der Waals surface area contributed by atoms with Crippen LogP contribution in [0.15, 0.2) is 146 Å². The number of rotatable bonds is 5. The molecule has 10 rings (SSSR count). The van der Waals surface area contributed by atoms with Gasteiger partial charge in [0.15, 0.2) is 11.6 Å². The van der Waals surface area contributed by atoms with Crippen molar-refractivity contribution in [2.75, 3.05) is 0 Å². The molecule has 1 aliphatic carbocycles. The Balaban J connectivity index is 1.26. The zero-order valence-electron chi connectivity index (χ0n) is 32.1. The summed E-state index contributed by atoms with van der Waals surface area (Å²) in [6.45, 7) is 0. The van der Waals surface area contributed by atoms with E-state index in [-0.39, 0.29) is 0 Å². The highest BCUT2D eigenvalue weighted by Crippen LogP contribution is 2.43. The Hall–Kier alpha value is -6.07. The first-order chi connectivity index (χ1) is 26.9. The molecule has 0 N–H and O–H groups in total. The maximum Gasteiger partial charge on any atom is 0.238 e. The summed E-state index contributed by atoms with van der Waals surface area (Å²) in [4.78, 5) is 15.4. The van der Waals surface area contributed by atoms with Gasteiger partial charge in [0, 0.05) is 45.2 Å². The molecule has 3 heterocycles. The lowest BCUT2D eigenvalue weighted by atomic mass is 9.82. The second-order valence-corrected chi connectivity index (χ2v) is 12.6. The first-order valence-electron chi connectivity index (χ1n) is 19.8. The number of aromatic nitrogens is 5. The molecule has 240 valence electrons. The second-order valence-electron chi connectivity index (χ2n) is 12.6. The van der Waals surface area contributed by atoms with Crippen molar-refractivity contribution in [2.24, 2.45) is 0 Å². The van der Waals surface area contributed by atoms with E-state index in [9.17, 15) is 0 Å². The Bertz CT molecular complexity index is 2880. The van der Waals surface area contributed by atoms with Crippen LogP contribution < -0.4 is 0 Å². The fourth-order valence-corrected chi connectivity index (χ4v) is 7.59. The molecule has 4 unspecified atom stereocenters. The van der Waals surface area contributed by atoms with Crippen LogP contribution in [-0.2, 0) is 0 Å². The molecule has 5 nitrogen and oxygen atoms in total. The molecule has 3 aromatic heterocycles. The lowest BCUT2D eigenvalue weighted by Gasteiger charge is -2.24. The smallest absolute Gasteiger partial charge is 0.238 e. The second kappa shape index (κ2) is 11.8. The van der Waals surface area contributed by atoms with Gasteiger partial charge >= 0.3 is 0 Å². The van der Waals surface area contributed by atoms with Crippen LogP contribution in [0.3, 0.4) is 0 Å². The summed E-state index contributed by atoms with van der Waals surface area (Å²) in [5.74, 6) is 0.501. The van der Waals surface area contributed by atoms with Crippen molar-refractivity contribution in [3.8, 4) is 34.4 Å². The SMILES string of the molecule is [2H]C1C([2H])C([2H])C(c2ccccc2-c2nc(-c3ccccc3)nc(-n3c4ccccc4c4c5c6ccccc6n(-c6ccccc6)c5ccc43)n2)C([2H])C1[2H]. The van der Waals surface area contributed by atoms with Gasteiger partial charge in [-0.2, -0.15) is 9.97 Å². The third-order valence-corrected chi connectivity index (χ3v) is 9.76. The topological polar surface area (TPSA) is 48.5 Å². The van der Waals surface area contributed by atoms with Crippen molar-refractivity contribution in [1.29, 1.82) is 0 Å². The minimum atomic E-state index is -1.12. The summed E-state index contributed by atoms with van der Waals surface area (Å²) in [5, 5.41) is 4.43. The average Bonchev–Trinajstić information content (AvgIpc) is 3.76. The molecule has 1 fully saturated rings. The zero-order chi connectivity index (χ0) is 37.4. The van der Waals surface area contributed by atoms with E-state index in [1.807, 2.05) is 66.7 Å². The minimum Gasteiger partial charge on any atom is -0.309 e. The predicted molar refractivity (Wildman–Crippen MR) is 205 cm³/mol. The van der Waals surface area contributed by atoms with Crippen molar-refractivity contribution in [3.05, 3.63) is 151 Å². The standard InChI is InChI=1S/C45H35N5/c1-4-16-30(17-5-1)33-22-10-11-23-34(33)44-46-43(31-18-6-2-7-19-31)47-45(48-44)50-38-27-15-13-25-36(38)42-40(50)29-28-39-41(42)35-24-12-14-26-37(35)49(39)32-20-8-3-9-21-32/h2-3,6-15,18-30H,1,4-5,16-17H2/i1D,4D,5D,16D,17D. The summed E-state index contributed by atoms with van der Waals surface area (Å²) >= 11 is 0. The van der Waals surface area contributed by atoms with E-state index in [2.05, 4.69) is 88.0 Å². The molecule has 1 aliphatic rings. The number of fused-ring (bicyclic) bond motifs is 7. The Morgan fingerprint density at radius 3 is 1.76 bits per heavy atom. The molecule has 4 atom stereocenters. The van der Waals surface area contributed by atoms with Crippen LogP contribution in [0.5, 0.6) is 0 Å². The van der Waals surface area contributed by atoms with E-state index in [0.717, 1.165) is 54.9 Å². The van der Waals surface area contributed by atoms with Crippen LogP contribution in [0.1, 0.15) is 50.3 Å². The van der Waals surface area contributed by atoms with Crippen LogP contribution in [0, 0.1) is 0 Å². The molecule has 0 saturated heterocycles. The maximum atomic E-state index is 9.01. The largest absolute Gasteiger partial charge is 0.309 e. The van der Waals surface area contributed by atoms with Gasteiger partial charge in [-0.3, -0.25) is 4.57 Å². The molecule has 6 aromatic carbocycles. The van der Waals surface area contributed by atoms with Crippen molar-refractivity contribution in [1.82, 2.24) is 24.1 Å². The lowest BCUT2D eigenvalue weighted by molar-refractivity contribution is 0.444. The van der Waals surface area contributed by atoms with E-state index in [1.54, 1.807) is 0 Å². The van der Waals surface area contributed by atoms with Gasteiger partial charge in [-0.15, -0.1) is 0 Å². The molecule has 0 amide bonds. The van der Waals surface area contributed by atoms with Crippen molar-refractivity contribution < 1.29 is 6.85 Å². The fourth-order valence-electron chi connectivity index (χ4n) is 7.59. The summed E-state index contributed by atoms with van der Waals surface area (Å²) in [6, 6.07) is 48.9. The molecular weight excluding hydrogens is 611 g/mol. The van der Waals surface area contributed by atoms with Gasteiger partial charge in [0.25, 0.3) is 0 Å². The average molecular weight is 651 g/mol. The van der Waals surface area contributed by atoms with Gasteiger partial charge in [0.2, 0.25) is 5.95 Å². The molecule has 9 aromatic rings. The van der Waals surface area contributed by atoms with Gasteiger partial charge < -0.3 is 4.57 Å². The Morgan fingerprint density at radius 1 is 0.480 bits per heavy atom. The monoisotopic (exact) mass is 650 g/mol. The molecule has 1 saturated carbocycles. The lowest BCUT2D eigenvalue weighted by Crippen LogP contribution is -2.09. The Morgan fingerprint density at radius 2 is 1.04 bits per heavy atom. The van der Waals surface area contributed by atoms with Gasteiger partial charge in [0.1, 0.15) is 0 Å². The molecule has 0 bridgehead atoms. The Labute approximate surface area is 297 Å². The van der Waals surface area contributed by atoms with Crippen molar-refractivity contribution in [3.63, 3.8) is 0 Å². The number of hydrogen-bond acceptors (Lipinski definition) is 3. The molecular formula is C45H35N5. The highest BCUT2D eigenvalue weighted by atomic mass is 15.2. The predicted octanol–water partition coefficient (Wildman–Crippen LogP) is 11.4. The normalized spacial score (nSPS) is 23.8. The highest BCUT2D eigenvalue weighted by molar-refractivity contribution is 6.28. The number of benzene rings is 6. The van der Waals surface area contributed by atoms with E-state index in [4.69, 9.17) is 21.8 Å². The first-order valence-corrected chi connectivity index (χ1v) is 16.9. The fraction of sp³-hybridized carbons (Fsp3) is 0.133. The maximum absolute atomic E-state index is 9.01. The van der Waals surface area contributed by atoms with Gasteiger partial charge in [-0.1, -0.05) is 128 Å². The molecule has 50 heavy (non-hydrogen) atoms. The minimum absolute atomic E-state index is 0.377. The number of hydrogen-bond donors (Lipinski definition) is 0. The van der Waals surface area contributed by atoms with E-state index >= 15 is 0 Å². The molecule has 0 aliphatic heterocycles. The van der Waals surface area contributed by atoms with Gasteiger partial charge in [0.05, 0.1) is 22.1 Å². The first kappa shape index (κ1) is 24.1. The van der Waals surface area contributed by atoms with Crippen molar-refractivity contribution >= 4 is 43.6 Å². The van der Waals surface area contributed by atoms with E-state index in [1.165, 1.54) is 0 Å². The number of para-hydroxylation sites is 3. The Kier molecular flexibility index (Phi) is 5.70. The number of nitrogens with zero attached hydrogens (tertiary/aromatic N) is 5. The molecule has 0 radical (unpaired) electrons. The van der Waals surface area contributed by atoms with Crippen LogP contribution in [0.2, 0.25) is 0 Å². The van der Waals surface area contributed by atoms with E-state index < -0.39 is 37.9 Å². The highest BCUT2D eigenvalue weighted by Gasteiger charge is 2.24. The van der Waals surface area contributed by atoms with Crippen molar-refractivity contribution in [2.45, 2.75) is 37.9 Å². The summed E-state index contributed by atoms with van der Waals surface area (Å²) in [7, 11) is 0. The van der Waals surface area contributed by atoms with Crippen LogP contribution in [0.4, 0.5) is 0 Å².